The lowest BCUT2D eigenvalue weighted by molar-refractivity contribution is -0.122. The molecule has 0 aliphatic carbocycles. The molecule has 1 amide bonds. The van der Waals surface area contributed by atoms with Crippen molar-refractivity contribution < 1.29 is 19.4 Å². The first-order chi connectivity index (χ1) is 9.08. The lowest BCUT2D eigenvalue weighted by Crippen LogP contribution is -2.19. The van der Waals surface area contributed by atoms with Crippen molar-refractivity contribution in [2.24, 2.45) is 5.73 Å². The molecule has 19 heavy (non-hydrogen) atoms. The highest BCUT2D eigenvalue weighted by molar-refractivity contribution is 5.92. The van der Waals surface area contributed by atoms with Gasteiger partial charge in [-0.25, -0.2) is 9.78 Å². The van der Waals surface area contributed by atoms with E-state index in [1.54, 1.807) is 23.0 Å². The minimum atomic E-state index is -0.986. The van der Waals surface area contributed by atoms with Crippen molar-refractivity contribution >= 4 is 22.9 Å². The zero-order chi connectivity index (χ0) is 13.8. The number of nitrogens with two attached hydrogens (primary N) is 1. The number of benzene rings is 1. The maximum absolute atomic E-state index is 10.9. The molecule has 0 saturated heterocycles. The minimum Gasteiger partial charge on any atom is -0.478 e. The highest BCUT2D eigenvalue weighted by atomic mass is 16.5. The summed E-state index contributed by atoms with van der Waals surface area (Å²) in [5.41, 5.74) is 6.57. The van der Waals surface area contributed by atoms with E-state index in [4.69, 9.17) is 15.6 Å². The van der Waals surface area contributed by atoms with Gasteiger partial charge in [-0.15, -0.1) is 0 Å². The summed E-state index contributed by atoms with van der Waals surface area (Å²) in [6.45, 7) is 0.631. The number of primary amides is 1. The Hall–Kier alpha value is -2.41. The third-order valence-corrected chi connectivity index (χ3v) is 2.59. The van der Waals surface area contributed by atoms with Crippen LogP contribution in [0.25, 0.3) is 11.0 Å². The van der Waals surface area contributed by atoms with E-state index in [1.807, 2.05) is 0 Å². The van der Waals surface area contributed by atoms with Gasteiger partial charge in [0.05, 0.1) is 29.5 Å². The van der Waals surface area contributed by atoms with Crippen LogP contribution >= 0.6 is 0 Å². The summed E-state index contributed by atoms with van der Waals surface area (Å²) >= 11 is 0. The van der Waals surface area contributed by atoms with Gasteiger partial charge in [-0.1, -0.05) is 0 Å². The number of amides is 1. The Kier molecular flexibility index (Phi) is 3.76. The minimum absolute atomic E-state index is 0.132. The number of carbonyl (C=O) groups excluding carboxylic acids is 1. The second kappa shape index (κ2) is 5.49. The van der Waals surface area contributed by atoms with Crippen molar-refractivity contribution in [3.05, 3.63) is 30.1 Å². The third kappa shape index (κ3) is 3.08. The van der Waals surface area contributed by atoms with Crippen LogP contribution in [0.1, 0.15) is 10.4 Å². The lowest BCUT2D eigenvalue weighted by atomic mass is 10.2. The number of carbonyl (C=O) groups is 2. The van der Waals surface area contributed by atoms with Crippen molar-refractivity contribution in [3.63, 3.8) is 0 Å². The van der Waals surface area contributed by atoms with Crippen molar-refractivity contribution in [1.29, 1.82) is 0 Å². The van der Waals surface area contributed by atoms with Gasteiger partial charge in [-0.2, -0.15) is 0 Å². The number of nitrogens with zero attached hydrogens (tertiary/aromatic N) is 2. The first-order valence-corrected chi connectivity index (χ1v) is 5.62. The van der Waals surface area contributed by atoms with E-state index in [1.165, 1.54) is 6.07 Å². The Morgan fingerprint density at radius 1 is 1.42 bits per heavy atom. The number of fused-ring (bicyclic) bond motifs is 1. The highest BCUT2D eigenvalue weighted by Gasteiger charge is 2.08. The number of aromatic carboxylic acids is 1. The molecule has 0 spiro atoms. The Morgan fingerprint density at radius 2 is 2.21 bits per heavy atom. The Labute approximate surface area is 108 Å². The van der Waals surface area contributed by atoms with E-state index < -0.39 is 11.9 Å². The SMILES string of the molecule is NC(=O)COCCn1cnc2ccc(C(=O)O)cc21. The van der Waals surface area contributed by atoms with Crippen molar-refractivity contribution in [2.75, 3.05) is 13.2 Å². The smallest absolute Gasteiger partial charge is 0.335 e. The Balaban J connectivity index is 2.12. The largest absolute Gasteiger partial charge is 0.478 e. The molecule has 1 aromatic carbocycles. The first kappa shape index (κ1) is 13.0. The number of imidazole rings is 1. The molecule has 0 unspecified atom stereocenters. The molecular weight excluding hydrogens is 250 g/mol. The normalized spacial score (nSPS) is 10.7. The van der Waals surface area contributed by atoms with Gasteiger partial charge in [0.25, 0.3) is 0 Å². The van der Waals surface area contributed by atoms with Gasteiger partial charge in [0.1, 0.15) is 6.61 Å². The average molecular weight is 263 g/mol. The maximum Gasteiger partial charge on any atom is 0.335 e. The molecule has 0 atom stereocenters. The molecule has 0 fully saturated rings. The number of carboxylic acids is 1. The van der Waals surface area contributed by atoms with Crippen molar-refractivity contribution in [2.45, 2.75) is 6.54 Å². The monoisotopic (exact) mass is 263 g/mol. The highest BCUT2D eigenvalue weighted by Crippen LogP contribution is 2.15. The van der Waals surface area contributed by atoms with E-state index in [0.29, 0.717) is 24.2 Å². The molecule has 0 bridgehead atoms. The van der Waals surface area contributed by atoms with Crippen LogP contribution in [0.3, 0.4) is 0 Å². The molecule has 0 aliphatic rings. The van der Waals surface area contributed by atoms with Gasteiger partial charge < -0.3 is 20.1 Å². The van der Waals surface area contributed by atoms with E-state index in [0.717, 1.165) is 0 Å². The van der Waals surface area contributed by atoms with Crippen molar-refractivity contribution in [1.82, 2.24) is 9.55 Å². The summed E-state index contributed by atoms with van der Waals surface area (Å²) in [4.78, 5) is 25.6. The number of aromatic nitrogens is 2. The summed E-state index contributed by atoms with van der Waals surface area (Å²) in [5, 5.41) is 8.94. The number of ether oxygens (including phenoxy) is 1. The molecule has 7 heteroatoms. The predicted octanol–water partition coefficient (Wildman–Crippen LogP) is 0.236. The summed E-state index contributed by atoms with van der Waals surface area (Å²) in [6, 6.07) is 4.71. The molecule has 2 rings (SSSR count). The van der Waals surface area contributed by atoms with E-state index in [-0.39, 0.29) is 12.2 Å². The second-order valence-corrected chi connectivity index (χ2v) is 3.97. The van der Waals surface area contributed by atoms with E-state index in [2.05, 4.69) is 4.98 Å². The topological polar surface area (TPSA) is 107 Å². The summed E-state index contributed by atoms with van der Waals surface area (Å²) in [7, 11) is 0. The van der Waals surface area contributed by atoms with Crippen LogP contribution in [0.2, 0.25) is 0 Å². The fourth-order valence-corrected chi connectivity index (χ4v) is 1.70. The van der Waals surface area contributed by atoms with Crippen LogP contribution in [0.4, 0.5) is 0 Å². The van der Waals surface area contributed by atoms with Crippen LogP contribution < -0.4 is 5.73 Å². The van der Waals surface area contributed by atoms with E-state index >= 15 is 0 Å². The zero-order valence-corrected chi connectivity index (χ0v) is 10.1. The fourth-order valence-electron chi connectivity index (χ4n) is 1.70. The van der Waals surface area contributed by atoms with Gasteiger partial charge in [0, 0.05) is 6.54 Å². The number of carboxylic acid groups (broad SMARTS) is 1. The number of rotatable bonds is 6. The Bertz CT molecular complexity index is 620. The van der Waals surface area contributed by atoms with Crippen LogP contribution in [0.5, 0.6) is 0 Å². The van der Waals surface area contributed by atoms with Gasteiger partial charge >= 0.3 is 5.97 Å². The van der Waals surface area contributed by atoms with Crippen molar-refractivity contribution in [3.8, 4) is 0 Å². The second-order valence-electron chi connectivity index (χ2n) is 3.97. The molecule has 0 saturated carbocycles. The maximum atomic E-state index is 10.9. The quantitative estimate of drug-likeness (QED) is 0.726. The average Bonchev–Trinajstić information content (AvgIpc) is 2.76. The summed E-state index contributed by atoms with van der Waals surface area (Å²) in [6.07, 6.45) is 1.60. The van der Waals surface area contributed by atoms with Crippen LogP contribution in [-0.2, 0) is 16.1 Å². The number of hydrogen-bond acceptors (Lipinski definition) is 4. The standard InChI is InChI=1S/C12H13N3O4/c13-11(16)6-19-4-3-15-7-14-9-2-1-8(12(17)18)5-10(9)15/h1-2,5,7H,3-4,6H2,(H2,13,16)(H,17,18). The van der Waals surface area contributed by atoms with Gasteiger partial charge in [0.15, 0.2) is 0 Å². The molecule has 2 aromatic rings. The molecule has 0 radical (unpaired) electrons. The molecule has 1 heterocycles. The Morgan fingerprint density at radius 3 is 2.89 bits per heavy atom. The molecule has 7 nitrogen and oxygen atoms in total. The predicted molar refractivity (Wildman–Crippen MR) is 66.7 cm³/mol. The molecule has 1 aromatic heterocycles. The molecule has 0 aliphatic heterocycles. The van der Waals surface area contributed by atoms with Crippen LogP contribution in [-0.4, -0.2) is 39.7 Å². The zero-order valence-electron chi connectivity index (χ0n) is 10.1. The number of hydrogen-bond donors (Lipinski definition) is 2. The molecule has 100 valence electrons. The van der Waals surface area contributed by atoms with Gasteiger partial charge in [-0.3, -0.25) is 4.79 Å². The van der Waals surface area contributed by atoms with Crippen LogP contribution in [0.15, 0.2) is 24.5 Å². The molecular formula is C12H13N3O4. The van der Waals surface area contributed by atoms with Crippen LogP contribution in [0, 0.1) is 0 Å². The third-order valence-electron chi connectivity index (χ3n) is 2.59. The first-order valence-electron chi connectivity index (χ1n) is 5.62. The van der Waals surface area contributed by atoms with Gasteiger partial charge in [-0.05, 0) is 18.2 Å². The lowest BCUT2D eigenvalue weighted by Gasteiger charge is -2.05. The summed E-state index contributed by atoms with van der Waals surface area (Å²) < 4.78 is 6.82. The molecule has 3 N–H and O–H groups in total. The fraction of sp³-hybridized carbons (Fsp3) is 0.250. The van der Waals surface area contributed by atoms with E-state index in [9.17, 15) is 9.59 Å². The summed E-state index contributed by atoms with van der Waals surface area (Å²) in [5.74, 6) is -1.51. The van der Waals surface area contributed by atoms with Gasteiger partial charge in [0.2, 0.25) is 5.91 Å².